The molecular formula is C19H23FN2O4S. The number of piperazine rings is 1. The van der Waals surface area contributed by atoms with Gasteiger partial charge in [-0.2, -0.15) is 4.31 Å². The summed E-state index contributed by atoms with van der Waals surface area (Å²) in [4.78, 5) is 2.17. The van der Waals surface area contributed by atoms with Crippen LogP contribution in [0.3, 0.4) is 0 Å². The van der Waals surface area contributed by atoms with Crippen molar-refractivity contribution in [3.63, 3.8) is 0 Å². The second-order valence-electron chi connectivity index (χ2n) is 6.29. The maximum Gasteiger partial charge on any atom is 0.246 e. The van der Waals surface area contributed by atoms with E-state index in [9.17, 15) is 12.8 Å². The molecule has 2 aromatic carbocycles. The molecule has 27 heavy (non-hydrogen) atoms. The third kappa shape index (κ3) is 4.23. The Labute approximate surface area is 159 Å². The standard InChI is InChI=1S/C19H23FN2O4S/c1-25-16-7-8-19(18(13-16)26-2)27(23,24)22-11-9-21(10-12-22)14-15-5-3-4-6-17(15)20/h3-8,13H,9-12,14H2,1-2H3. The average molecular weight is 394 g/mol. The van der Waals surface area contributed by atoms with Gasteiger partial charge in [-0.15, -0.1) is 0 Å². The summed E-state index contributed by atoms with van der Waals surface area (Å²) in [5.41, 5.74) is 0.616. The molecule has 0 aromatic heterocycles. The lowest BCUT2D eigenvalue weighted by molar-refractivity contribution is 0.179. The Hall–Kier alpha value is -2.16. The molecule has 8 heteroatoms. The Bertz CT molecular complexity index is 896. The largest absolute Gasteiger partial charge is 0.497 e. The first-order valence-corrected chi connectivity index (χ1v) is 10.1. The van der Waals surface area contributed by atoms with E-state index in [1.54, 1.807) is 30.3 Å². The molecule has 3 rings (SSSR count). The summed E-state index contributed by atoms with van der Waals surface area (Å²) in [5.74, 6) is 0.541. The number of halogens is 1. The van der Waals surface area contributed by atoms with Crippen molar-refractivity contribution in [3.8, 4) is 11.5 Å². The Morgan fingerprint density at radius 2 is 1.70 bits per heavy atom. The van der Waals surface area contributed by atoms with Gasteiger partial charge in [0.15, 0.2) is 0 Å². The van der Waals surface area contributed by atoms with E-state index in [4.69, 9.17) is 9.47 Å². The van der Waals surface area contributed by atoms with E-state index in [2.05, 4.69) is 4.90 Å². The predicted molar refractivity (Wildman–Crippen MR) is 100.0 cm³/mol. The van der Waals surface area contributed by atoms with E-state index in [0.717, 1.165) is 0 Å². The van der Waals surface area contributed by atoms with Gasteiger partial charge < -0.3 is 9.47 Å². The van der Waals surface area contributed by atoms with Gasteiger partial charge in [-0.05, 0) is 18.2 Å². The lowest BCUT2D eigenvalue weighted by Gasteiger charge is -2.34. The highest BCUT2D eigenvalue weighted by atomic mass is 32.2. The monoisotopic (exact) mass is 394 g/mol. The van der Waals surface area contributed by atoms with Crippen molar-refractivity contribution in [2.75, 3.05) is 40.4 Å². The van der Waals surface area contributed by atoms with Crippen LogP contribution in [0.25, 0.3) is 0 Å². The second-order valence-corrected chi connectivity index (χ2v) is 8.19. The third-order valence-corrected chi connectivity index (χ3v) is 6.61. The topological polar surface area (TPSA) is 59.1 Å². The zero-order chi connectivity index (χ0) is 19.4. The van der Waals surface area contributed by atoms with Crippen LogP contribution in [0.2, 0.25) is 0 Å². The molecule has 1 saturated heterocycles. The molecule has 146 valence electrons. The highest BCUT2D eigenvalue weighted by Crippen LogP contribution is 2.31. The smallest absolute Gasteiger partial charge is 0.246 e. The van der Waals surface area contributed by atoms with Crippen LogP contribution in [0.5, 0.6) is 11.5 Å². The number of hydrogen-bond donors (Lipinski definition) is 0. The first-order valence-electron chi connectivity index (χ1n) is 8.63. The van der Waals surface area contributed by atoms with Crippen LogP contribution in [0.15, 0.2) is 47.4 Å². The molecule has 0 radical (unpaired) electrons. The summed E-state index contributed by atoms with van der Waals surface area (Å²) in [5, 5.41) is 0. The van der Waals surface area contributed by atoms with Crippen molar-refractivity contribution in [2.24, 2.45) is 0 Å². The van der Waals surface area contributed by atoms with E-state index >= 15 is 0 Å². The van der Waals surface area contributed by atoms with Crippen molar-refractivity contribution < 1.29 is 22.3 Å². The summed E-state index contributed by atoms with van der Waals surface area (Å²) >= 11 is 0. The first kappa shape index (κ1) is 19.6. The molecule has 0 saturated carbocycles. The highest BCUT2D eigenvalue weighted by Gasteiger charge is 2.31. The summed E-state index contributed by atoms with van der Waals surface area (Å²) < 4.78 is 51.6. The molecule has 0 amide bonds. The molecule has 1 aliphatic rings. The van der Waals surface area contributed by atoms with Crippen LogP contribution in [-0.4, -0.2) is 58.0 Å². The Balaban J connectivity index is 1.71. The molecule has 1 fully saturated rings. The fourth-order valence-electron chi connectivity index (χ4n) is 3.12. The predicted octanol–water partition coefficient (Wildman–Crippen LogP) is 2.35. The highest BCUT2D eigenvalue weighted by molar-refractivity contribution is 7.89. The minimum absolute atomic E-state index is 0.119. The lowest BCUT2D eigenvalue weighted by atomic mass is 10.2. The molecule has 0 aliphatic carbocycles. The van der Waals surface area contributed by atoms with E-state index in [1.807, 2.05) is 0 Å². The number of sulfonamides is 1. The van der Waals surface area contributed by atoms with E-state index in [0.29, 0.717) is 44.0 Å². The Morgan fingerprint density at radius 3 is 2.33 bits per heavy atom. The lowest BCUT2D eigenvalue weighted by Crippen LogP contribution is -2.48. The van der Waals surface area contributed by atoms with Crippen molar-refractivity contribution in [1.82, 2.24) is 9.21 Å². The van der Waals surface area contributed by atoms with Gasteiger partial charge in [0.1, 0.15) is 22.2 Å². The second kappa shape index (κ2) is 8.24. The fourth-order valence-corrected chi connectivity index (χ4v) is 4.68. The molecule has 1 aliphatic heterocycles. The van der Waals surface area contributed by atoms with Crippen LogP contribution >= 0.6 is 0 Å². The number of methoxy groups -OCH3 is 2. The zero-order valence-corrected chi connectivity index (χ0v) is 16.2. The van der Waals surface area contributed by atoms with Crippen LogP contribution in [0.4, 0.5) is 4.39 Å². The third-order valence-electron chi connectivity index (χ3n) is 4.67. The molecule has 0 unspecified atom stereocenters. The van der Waals surface area contributed by atoms with Gasteiger partial charge in [0.2, 0.25) is 10.0 Å². The maximum atomic E-state index is 13.8. The first-order chi connectivity index (χ1) is 13.0. The number of nitrogens with zero attached hydrogens (tertiary/aromatic N) is 2. The molecule has 0 atom stereocenters. The van der Waals surface area contributed by atoms with Crippen molar-refractivity contribution in [2.45, 2.75) is 11.4 Å². The van der Waals surface area contributed by atoms with Gasteiger partial charge in [-0.25, -0.2) is 12.8 Å². The average Bonchev–Trinajstić information content (AvgIpc) is 2.69. The van der Waals surface area contributed by atoms with Crippen LogP contribution in [0, 0.1) is 5.82 Å². The zero-order valence-electron chi connectivity index (χ0n) is 15.4. The van der Waals surface area contributed by atoms with Gasteiger partial charge in [-0.1, -0.05) is 18.2 Å². The SMILES string of the molecule is COc1ccc(S(=O)(=O)N2CCN(Cc3ccccc3F)CC2)c(OC)c1. The number of hydrogen-bond acceptors (Lipinski definition) is 5. The number of benzene rings is 2. The summed E-state index contributed by atoms with van der Waals surface area (Å²) in [6.07, 6.45) is 0. The fraction of sp³-hybridized carbons (Fsp3) is 0.368. The maximum absolute atomic E-state index is 13.8. The molecule has 2 aromatic rings. The summed E-state index contributed by atoms with van der Waals surface area (Å²) in [6, 6.07) is 11.3. The Kier molecular flexibility index (Phi) is 5.98. The van der Waals surface area contributed by atoms with E-state index in [-0.39, 0.29) is 16.5 Å². The summed E-state index contributed by atoms with van der Waals surface area (Å²) in [6.45, 7) is 2.21. The Morgan fingerprint density at radius 1 is 1.00 bits per heavy atom. The van der Waals surface area contributed by atoms with E-state index in [1.165, 1.54) is 30.7 Å². The molecule has 0 bridgehead atoms. The van der Waals surface area contributed by atoms with Gasteiger partial charge in [0, 0.05) is 44.4 Å². The van der Waals surface area contributed by atoms with Crippen molar-refractivity contribution in [1.29, 1.82) is 0 Å². The minimum Gasteiger partial charge on any atom is -0.497 e. The molecule has 0 N–H and O–H groups in total. The quantitative estimate of drug-likeness (QED) is 0.753. The molecule has 6 nitrogen and oxygen atoms in total. The van der Waals surface area contributed by atoms with Gasteiger partial charge >= 0.3 is 0 Å². The number of rotatable bonds is 6. The summed E-state index contributed by atoms with van der Waals surface area (Å²) in [7, 11) is -0.740. The minimum atomic E-state index is -3.68. The molecule has 1 heterocycles. The van der Waals surface area contributed by atoms with Crippen molar-refractivity contribution in [3.05, 3.63) is 53.8 Å². The normalized spacial score (nSPS) is 16.3. The van der Waals surface area contributed by atoms with E-state index < -0.39 is 10.0 Å². The van der Waals surface area contributed by atoms with Crippen LogP contribution < -0.4 is 9.47 Å². The van der Waals surface area contributed by atoms with Gasteiger partial charge in [-0.3, -0.25) is 4.90 Å². The van der Waals surface area contributed by atoms with Crippen LogP contribution in [0.1, 0.15) is 5.56 Å². The van der Waals surface area contributed by atoms with Gasteiger partial charge in [0.25, 0.3) is 0 Å². The molecular weight excluding hydrogens is 371 g/mol. The number of ether oxygens (including phenoxy) is 2. The van der Waals surface area contributed by atoms with Gasteiger partial charge in [0.05, 0.1) is 14.2 Å². The van der Waals surface area contributed by atoms with Crippen molar-refractivity contribution >= 4 is 10.0 Å². The van der Waals surface area contributed by atoms with Crippen LogP contribution in [-0.2, 0) is 16.6 Å². The molecule has 0 spiro atoms.